The van der Waals surface area contributed by atoms with Crippen molar-refractivity contribution in [2.24, 2.45) is 0 Å². The minimum absolute atomic E-state index is 0.0424. The topological polar surface area (TPSA) is 38.0 Å². The number of thiazole rings is 1. The van der Waals surface area contributed by atoms with E-state index in [-0.39, 0.29) is 10.6 Å². The molecule has 2 rings (SSSR count). The van der Waals surface area contributed by atoms with Crippen molar-refractivity contribution in [2.45, 2.75) is 6.36 Å². The molecule has 0 saturated carbocycles. The summed E-state index contributed by atoms with van der Waals surface area (Å²) in [5.74, 6) is -0.321. The van der Waals surface area contributed by atoms with Crippen molar-refractivity contribution >= 4 is 33.3 Å². The first-order chi connectivity index (χ1) is 7.37. The number of hydrogen-bond donors (Lipinski definition) is 1. The summed E-state index contributed by atoms with van der Waals surface area (Å²) in [6.07, 6.45) is -4.72. The summed E-state index contributed by atoms with van der Waals surface area (Å²) in [6, 6.07) is 3.73. The minimum Gasteiger partial charge on any atom is -0.406 e. The van der Waals surface area contributed by atoms with E-state index in [1.54, 1.807) is 0 Å². The summed E-state index contributed by atoms with van der Waals surface area (Å²) in [7, 11) is 0. The largest absolute Gasteiger partial charge is 0.573 e. The Bertz CT molecular complexity index is 589. The van der Waals surface area contributed by atoms with Crippen LogP contribution in [0.1, 0.15) is 0 Å². The molecule has 0 spiro atoms. The fraction of sp³-hybridized carbons (Fsp3) is 0.125. The lowest BCUT2D eigenvalue weighted by atomic mass is 10.3. The van der Waals surface area contributed by atoms with Crippen LogP contribution in [0.25, 0.3) is 10.2 Å². The Balaban J connectivity index is 2.49. The van der Waals surface area contributed by atoms with Crippen molar-refractivity contribution in [2.75, 3.05) is 0 Å². The summed E-state index contributed by atoms with van der Waals surface area (Å²) >= 11 is 6.67. The summed E-state index contributed by atoms with van der Waals surface area (Å²) in [6.45, 7) is 0. The molecular formula is C8H4ClF3N2OS. The third-order valence-corrected chi connectivity index (χ3v) is 3.14. The van der Waals surface area contributed by atoms with E-state index in [0.29, 0.717) is 10.2 Å². The molecule has 1 heterocycles. The zero-order valence-electron chi connectivity index (χ0n) is 7.51. The lowest BCUT2D eigenvalue weighted by molar-refractivity contribution is -0.274. The van der Waals surface area contributed by atoms with E-state index >= 15 is 0 Å². The van der Waals surface area contributed by atoms with Crippen LogP contribution in [0, 0.1) is 5.41 Å². The van der Waals surface area contributed by atoms with Gasteiger partial charge in [-0.25, -0.2) is 4.09 Å². The normalized spacial score (nSPS) is 12.0. The van der Waals surface area contributed by atoms with Gasteiger partial charge in [0.2, 0.25) is 0 Å². The average Bonchev–Trinajstić information content (AvgIpc) is 2.40. The standard InChI is InChI=1S/C8H4ClF3N2OS/c9-14-5-2-1-4(15-8(10,11)12)3-6(5)16-7(14)13/h1-3,13H. The van der Waals surface area contributed by atoms with Crippen LogP contribution < -0.4 is 9.54 Å². The molecule has 0 bridgehead atoms. The van der Waals surface area contributed by atoms with Gasteiger partial charge in [-0.15, -0.1) is 13.2 Å². The quantitative estimate of drug-likeness (QED) is 0.848. The van der Waals surface area contributed by atoms with Crippen LogP contribution in [-0.2, 0) is 0 Å². The van der Waals surface area contributed by atoms with Gasteiger partial charge in [-0.3, -0.25) is 5.41 Å². The Morgan fingerprint density at radius 2 is 2.06 bits per heavy atom. The molecule has 0 amide bonds. The van der Waals surface area contributed by atoms with Crippen LogP contribution in [0.3, 0.4) is 0 Å². The highest BCUT2D eigenvalue weighted by Crippen LogP contribution is 2.27. The van der Waals surface area contributed by atoms with Gasteiger partial charge in [0.1, 0.15) is 5.75 Å². The first kappa shape index (κ1) is 11.3. The summed E-state index contributed by atoms with van der Waals surface area (Å²) in [5.41, 5.74) is 0.478. The predicted molar refractivity (Wildman–Crippen MR) is 53.6 cm³/mol. The Morgan fingerprint density at radius 3 is 2.69 bits per heavy atom. The van der Waals surface area contributed by atoms with E-state index < -0.39 is 6.36 Å². The molecule has 0 aliphatic carbocycles. The molecule has 0 saturated heterocycles. The van der Waals surface area contributed by atoms with Crippen LogP contribution in [-0.4, -0.2) is 10.4 Å². The first-order valence-corrected chi connectivity index (χ1v) is 5.14. The van der Waals surface area contributed by atoms with Gasteiger partial charge in [-0.05, 0) is 12.1 Å². The Kier molecular flexibility index (Phi) is 2.59. The van der Waals surface area contributed by atoms with E-state index in [1.165, 1.54) is 12.1 Å². The van der Waals surface area contributed by atoms with Crippen LogP contribution >= 0.6 is 23.1 Å². The third kappa shape index (κ3) is 2.14. The number of ether oxygens (including phenoxy) is 1. The van der Waals surface area contributed by atoms with Crippen molar-refractivity contribution in [1.82, 2.24) is 4.09 Å². The molecule has 0 radical (unpaired) electrons. The second-order valence-electron chi connectivity index (χ2n) is 2.87. The van der Waals surface area contributed by atoms with Gasteiger partial charge in [0.15, 0.2) is 4.80 Å². The smallest absolute Gasteiger partial charge is 0.406 e. The summed E-state index contributed by atoms with van der Waals surface area (Å²) in [5, 5.41) is 7.38. The number of aromatic nitrogens is 1. The van der Waals surface area contributed by atoms with Crippen LogP contribution in [0.2, 0.25) is 0 Å². The molecule has 86 valence electrons. The zero-order valence-corrected chi connectivity index (χ0v) is 9.08. The molecule has 0 fully saturated rings. The fourth-order valence-electron chi connectivity index (χ4n) is 1.19. The molecule has 2 aromatic rings. The molecule has 0 aliphatic rings. The minimum atomic E-state index is -4.72. The van der Waals surface area contributed by atoms with Gasteiger partial charge in [0.25, 0.3) is 0 Å². The number of alkyl halides is 3. The number of nitrogens with one attached hydrogen (secondary N) is 1. The van der Waals surface area contributed by atoms with Crippen LogP contribution in [0.5, 0.6) is 5.75 Å². The predicted octanol–water partition coefficient (Wildman–Crippen LogP) is 3.08. The zero-order chi connectivity index (χ0) is 11.9. The van der Waals surface area contributed by atoms with E-state index in [0.717, 1.165) is 21.5 Å². The molecule has 1 N–H and O–H groups in total. The maximum atomic E-state index is 11.9. The molecule has 1 aromatic heterocycles. The molecule has 0 aliphatic heterocycles. The third-order valence-electron chi connectivity index (χ3n) is 1.76. The van der Waals surface area contributed by atoms with Crippen molar-refractivity contribution in [3.63, 3.8) is 0 Å². The van der Waals surface area contributed by atoms with Gasteiger partial charge in [0.05, 0.1) is 10.2 Å². The van der Waals surface area contributed by atoms with Crippen molar-refractivity contribution in [1.29, 1.82) is 5.41 Å². The van der Waals surface area contributed by atoms with Crippen molar-refractivity contribution < 1.29 is 17.9 Å². The highest BCUT2D eigenvalue weighted by molar-refractivity contribution is 7.16. The van der Waals surface area contributed by atoms with Crippen LogP contribution in [0.4, 0.5) is 13.2 Å². The summed E-state index contributed by atoms with van der Waals surface area (Å²) in [4.78, 5) is 0.0424. The van der Waals surface area contributed by atoms with E-state index in [2.05, 4.69) is 4.74 Å². The lowest BCUT2D eigenvalue weighted by Crippen LogP contribution is -2.16. The van der Waals surface area contributed by atoms with Gasteiger partial charge >= 0.3 is 6.36 Å². The molecule has 1 aromatic carbocycles. The Labute approximate surface area is 96.3 Å². The lowest BCUT2D eigenvalue weighted by Gasteiger charge is -2.08. The molecular weight excluding hydrogens is 265 g/mol. The Morgan fingerprint density at radius 1 is 1.38 bits per heavy atom. The highest BCUT2D eigenvalue weighted by Gasteiger charge is 2.31. The summed E-state index contributed by atoms with van der Waals surface area (Å²) < 4.78 is 41.1. The van der Waals surface area contributed by atoms with Crippen molar-refractivity contribution in [3.05, 3.63) is 23.0 Å². The number of nitrogens with zero attached hydrogens (tertiary/aromatic N) is 1. The molecule has 8 heteroatoms. The fourth-order valence-corrected chi connectivity index (χ4v) is 2.32. The SMILES string of the molecule is N=c1sc2cc(OC(F)(F)F)ccc2n1Cl. The van der Waals surface area contributed by atoms with E-state index in [4.69, 9.17) is 17.2 Å². The molecule has 16 heavy (non-hydrogen) atoms. The second-order valence-corrected chi connectivity index (χ2v) is 4.23. The maximum Gasteiger partial charge on any atom is 0.573 e. The van der Waals surface area contributed by atoms with Gasteiger partial charge in [-0.2, -0.15) is 0 Å². The van der Waals surface area contributed by atoms with Crippen LogP contribution in [0.15, 0.2) is 18.2 Å². The monoisotopic (exact) mass is 268 g/mol. The van der Waals surface area contributed by atoms with Gasteiger partial charge in [-0.1, -0.05) is 11.3 Å². The van der Waals surface area contributed by atoms with Gasteiger partial charge in [0, 0.05) is 17.8 Å². The number of fused-ring (bicyclic) bond motifs is 1. The highest BCUT2D eigenvalue weighted by atomic mass is 35.5. The average molecular weight is 269 g/mol. The number of rotatable bonds is 1. The number of benzene rings is 1. The van der Waals surface area contributed by atoms with E-state index in [9.17, 15) is 13.2 Å². The molecule has 0 atom stereocenters. The van der Waals surface area contributed by atoms with Gasteiger partial charge < -0.3 is 4.74 Å². The van der Waals surface area contributed by atoms with E-state index in [1.807, 2.05) is 0 Å². The molecule has 0 unspecified atom stereocenters. The van der Waals surface area contributed by atoms with Crippen molar-refractivity contribution in [3.8, 4) is 5.75 Å². The molecule has 3 nitrogen and oxygen atoms in total. The number of hydrogen-bond acceptors (Lipinski definition) is 3. The first-order valence-electron chi connectivity index (χ1n) is 3.99. The second kappa shape index (κ2) is 3.67. The maximum absolute atomic E-state index is 11.9. The number of halogens is 4. The Hall–Kier alpha value is -1.21.